The molecule has 0 aliphatic heterocycles. The van der Waals surface area contributed by atoms with Crippen molar-refractivity contribution in [3.05, 3.63) is 40.1 Å². The smallest absolute Gasteiger partial charge is 0.141 e. The van der Waals surface area contributed by atoms with Crippen LogP contribution in [0.5, 0.6) is 0 Å². The van der Waals surface area contributed by atoms with Crippen LogP contribution in [0.1, 0.15) is 11.1 Å². The van der Waals surface area contributed by atoms with Crippen molar-refractivity contribution in [1.29, 1.82) is 5.26 Å². The first-order valence-electron chi connectivity index (χ1n) is 5.60. The molecule has 0 unspecified atom stereocenters. The highest BCUT2D eigenvalue weighted by Gasteiger charge is 2.12. The predicted octanol–water partition coefficient (Wildman–Crippen LogP) is 3.48. The molecule has 0 saturated heterocycles. The number of fused-ring (bicyclic) bond motifs is 1. The average molecular weight is 253 g/mol. The van der Waals surface area contributed by atoms with Gasteiger partial charge in [0.05, 0.1) is 22.7 Å². The molecular weight excluding hydrogens is 242 g/mol. The number of hydrogen-bond acceptors (Lipinski definition) is 3. The molecular formula is C14H11N3S. The van der Waals surface area contributed by atoms with Crippen LogP contribution in [0.15, 0.2) is 29.0 Å². The summed E-state index contributed by atoms with van der Waals surface area (Å²) in [6, 6.07) is 7.75. The highest BCUT2D eigenvalue weighted by atomic mass is 32.1. The fourth-order valence-corrected chi connectivity index (χ4v) is 2.92. The molecule has 3 rings (SSSR count). The van der Waals surface area contributed by atoms with Crippen molar-refractivity contribution < 1.29 is 0 Å². The number of nitrogens with zero attached hydrogens (tertiary/aromatic N) is 3. The number of imidazole rings is 1. The van der Waals surface area contributed by atoms with Gasteiger partial charge in [-0.1, -0.05) is 0 Å². The van der Waals surface area contributed by atoms with Crippen LogP contribution in [0.2, 0.25) is 0 Å². The minimum absolute atomic E-state index is 0.666. The fraction of sp³-hybridized carbons (Fsp3) is 0.143. The maximum atomic E-state index is 8.94. The monoisotopic (exact) mass is 253 g/mol. The summed E-state index contributed by atoms with van der Waals surface area (Å²) in [5.41, 5.74) is 4.99. The van der Waals surface area contributed by atoms with E-state index in [9.17, 15) is 0 Å². The van der Waals surface area contributed by atoms with Crippen LogP contribution in [-0.2, 0) is 7.05 Å². The molecule has 0 amide bonds. The van der Waals surface area contributed by atoms with E-state index in [0.29, 0.717) is 5.56 Å². The Labute approximate surface area is 109 Å². The van der Waals surface area contributed by atoms with Gasteiger partial charge >= 0.3 is 0 Å². The molecule has 3 aromatic rings. The van der Waals surface area contributed by atoms with Gasteiger partial charge in [-0.05, 0) is 36.1 Å². The molecule has 0 atom stereocenters. The van der Waals surface area contributed by atoms with Gasteiger partial charge in [0.2, 0.25) is 0 Å². The van der Waals surface area contributed by atoms with Gasteiger partial charge in [0.1, 0.15) is 5.82 Å². The maximum Gasteiger partial charge on any atom is 0.141 e. The van der Waals surface area contributed by atoms with Crippen LogP contribution >= 0.6 is 11.3 Å². The Bertz CT molecular complexity index is 774. The first-order valence-corrected chi connectivity index (χ1v) is 6.54. The Balaban J connectivity index is 2.30. The van der Waals surface area contributed by atoms with E-state index in [4.69, 9.17) is 5.26 Å². The molecule has 2 aromatic heterocycles. The van der Waals surface area contributed by atoms with Crippen molar-refractivity contribution in [3.8, 4) is 17.5 Å². The van der Waals surface area contributed by atoms with Crippen molar-refractivity contribution in [2.45, 2.75) is 6.92 Å². The summed E-state index contributed by atoms with van der Waals surface area (Å²) in [6.07, 6.45) is 0. The third kappa shape index (κ3) is 1.52. The molecule has 0 spiro atoms. The molecule has 3 nitrogen and oxygen atoms in total. The average Bonchev–Trinajstić information content (AvgIpc) is 2.93. The number of rotatable bonds is 1. The third-order valence-corrected chi connectivity index (χ3v) is 3.97. The number of hydrogen-bond donors (Lipinski definition) is 0. The van der Waals surface area contributed by atoms with Gasteiger partial charge in [-0.3, -0.25) is 0 Å². The Kier molecular flexibility index (Phi) is 2.42. The molecule has 0 aliphatic rings. The van der Waals surface area contributed by atoms with Gasteiger partial charge in [-0.15, -0.1) is 0 Å². The zero-order valence-electron chi connectivity index (χ0n) is 10.1. The van der Waals surface area contributed by atoms with E-state index >= 15 is 0 Å². The van der Waals surface area contributed by atoms with Gasteiger partial charge in [0.15, 0.2) is 0 Å². The molecule has 0 aliphatic carbocycles. The molecule has 4 heteroatoms. The normalized spacial score (nSPS) is 10.7. The second kappa shape index (κ2) is 3.97. The quantitative estimate of drug-likeness (QED) is 0.666. The van der Waals surface area contributed by atoms with Crippen molar-refractivity contribution in [2.75, 3.05) is 0 Å². The lowest BCUT2D eigenvalue weighted by molar-refractivity contribution is 0.958. The molecule has 88 valence electrons. The number of thiophene rings is 1. The van der Waals surface area contributed by atoms with Gasteiger partial charge in [-0.2, -0.15) is 16.6 Å². The minimum Gasteiger partial charge on any atom is -0.327 e. The highest BCUT2D eigenvalue weighted by Crippen LogP contribution is 2.28. The van der Waals surface area contributed by atoms with Crippen LogP contribution in [-0.4, -0.2) is 9.55 Å². The largest absolute Gasteiger partial charge is 0.327 e. The zero-order valence-corrected chi connectivity index (χ0v) is 11.0. The summed E-state index contributed by atoms with van der Waals surface area (Å²) in [5.74, 6) is 0.957. The first kappa shape index (κ1) is 11.0. The fourth-order valence-electron chi connectivity index (χ4n) is 2.09. The summed E-state index contributed by atoms with van der Waals surface area (Å²) in [6.45, 7) is 2.09. The van der Waals surface area contributed by atoms with Crippen LogP contribution in [0.3, 0.4) is 0 Å². The molecule has 0 N–H and O–H groups in total. The Morgan fingerprint density at radius 2 is 2.17 bits per heavy atom. The standard InChI is InChI=1S/C14H11N3S/c1-9-7-18-8-11(9)14-16-12-4-3-10(6-15)5-13(12)17(14)2/h3-5,7-8H,1-2H3. The van der Waals surface area contributed by atoms with E-state index in [-0.39, 0.29) is 0 Å². The number of aryl methyl sites for hydroxylation is 2. The SMILES string of the molecule is Cc1cscc1-c1nc2ccc(C#N)cc2n1C. The number of aromatic nitrogens is 2. The van der Waals surface area contributed by atoms with Crippen LogP contribution in [0, 0.1) is 18.3 Å². The van der Waals surface area contributed by atoms with Gasteiger partial charge in [-0.25, -0.2) is 4.98 Å². The van der Waals surface area contributed by atoms with Crippen molar-refractivity contribution >= 4 is 22.4 Å². The summed E-state index contributed by atoms with van der Waals surface area (Å²) in [4.78, 5) is 4.65. The summed E-state index contributed by atoms with van der Waals surface area (Å²) in [7, 11) is 1.99. The van der Waals surface area contributed by atoms with E-state index < -0.39 is 0 Å². The van der Waals surface area contributed by atoms with E-state index in [1.807, 2.05) is 23.7 Å². The number of benzene rings is 1. The van der Waals surface area contributed by atoms with E-state index in [0.717, 1.165) is 22.4 Å². The van der Waals surface area contributed by atoms with E-state index in [1.54, 1.807) is 17.4 Å². The molecule has 1 aromatic carbocycles. The lowest BCUT2D eigenvalue weighted by atomic mass is 10.2. The molecule has 0 radical (unpaired) electrons. The van der Waals surface area contributed by atoms with Crippen LogP contribution < -0.4 is 0 Å². The third-order valence-electron chi connectivity index (χ3n) is 3.11. The zero-order chi connectivity index (χ0) is 12.7. The van der Waals surface area contributed by atoms with Crippen LogP contribution in [0.4, 0.5) is 0 Å². The second-order valence-corrected chi connectivity index (χ2v) is 5.02. The van der Waals surface area contributed by atoms with E-state index in [1.165, 1.54) is 5.56 Å². The first-order chi connectivity index (χ1) is 8.70. The lowest BCUT2D eigenvalue weighted by Gasteiger charge is -2.01. The molecule has 2 heterocycles. The van der Waals surface area contributed by atoms with Crippen molar-refractivity contribution in [3.63, 3.8) is 0 Å². The van der Waals surface area contributed by atoms with Crippen LogP contribution in [0.25, 0.3) is 22.4 Å². The Morgan fingerprint density at radius 1 is 1.33 bits per heavy atom. The molecule has 18 heavy (non-hydrogen) atoms. The summed E-state index contributed by atoms with van der Waals surface area (Å²) in [5, 5.41) is 13.2. The van der Waals surface area contributed by atoms with Gasteiger partial charge in [0, 0.05) is 18.0 Å². The van der Waals surface area contributed by atoms with Crippen molar-refractivity contribution in [1.82, 2.24) is 9.55 Å². The van der Waals surface area contributed by atoms with Gasteiger partial charge in [0.25, 0.3) is 0 Å². The topological polar surface area (TPSA) is 41.6 Å². The summed E-state index contributed by atoms with van der Waals surface area (Å²) < 4.78 is 2.05. The lowest BCUT2D eigenvalue weighted by Crippen LogP contribution is -1.92. The minimum atomic E-state index is 0.666. The molecule has 0 fully saturated rings. The summed E-state index contributed by atoms with van der Waals surface area (Å²) >= 11 is 1.68. The van der Waals surface area contributed by atoms with Crippen molar-refractivity contribution in [2.24, 2.45) is 7.05 Å². The Hall–Kier alpha value is -2.12. The molecule has 0 bridgehead atoms. The van der Waals surface area contributed by atoms with Gasteiger partial charge < -0.3 is 4.57 Å². The number of nitriles is 1. The second-order valence-electron chi connectivity index (χ2n) is 4.28. The molecule has 0 saturated carbocycles. The van der Waals surface area contributed by atoms with E-state index in [2.05, 4.69) is 28.7 Å². The predicted molar refractivity (Wildman–Crippen MR) is 73.5 cm³/mol. The maximum absolute atomic E-state index is 8.94. The highest BCUT2D eigenvalue weighted by molar-refractivity contribution is 7.08. The Morgan fingerprint density at radius 3 is 2.83 bits per heavy atom.